The Kier molecular flexibility index (Phi) is 3.85. The number of hydrogen-bond donors (Lipinski definition) is 1. The predicted octanol–water partition coefficient (Wildman–Crippen LogP) is 2.39. The molecule has 1 aromatic carbocycles. The molecule has 5 nitrogen and oxygen atoms in total. The number of hydrogen-bond acceptors (Lipinski definition) is 4. The summed E-state index contributed by atoms with van der Waals surface area (Å²) in [6, 6.07) is 7.41. The lowest BCUT2D eigenvalue weighted by Crippen LogP contribution is -2.14. The number of anilines is 1. The summed E-state index contributed by atoms with van der Waals surface area (Å²) < 4.78 is 26.9. The van der Waals surface area contributed by atoms with Crippen molar-refractivity contribution >= 4 is 21.5 Å². The minimum absolute atomic E-state index is 0.105. The van der Waals surface area contributed by atoms with Crippen molar-refractivity contribution < 1.29 is 13.2 Å². The number of carbonyl (C=O) groups excluding carboxylic acids is 1. The molecule has 0 aliphatic carbocycles. The normalized spacial score (nSPS) is 11.1. The molecule has 0 bridgehead atoms. The summed E-state index contributed by atoms with van der Waals surface area (Å²) >= 11 is 0. The smallest absolute Gasteiger partial charge is 0.261 e. The second-order valence-corrected chi connectivity index (χ2v) is 6.06. The van der Waals surface area contributed by atoms with Crippen molar-refractivity contribution in [1.29, 1.82) is 0 Å². The van der Waals surface area contributed by atoms with Crippen molar-refractivity contribution in [2.75, 3.05) is 4.72 Å². The fourth-order valence-electron chi connectivity index (χ4n) is 1.66. The van der Waals surface area contributed by atoms with Gasteiger partial charge in [-0.25, -0.2) is 8.42 Å². The summed E-state index contributed by atoms with van der Waals surface area (Å²) in [7, 11) is -3.67. The third-order valence-electron chi connectivity index (χ3n) is 2.84. The van der Waals surface area contributed by atoms with Crippen LogP contribution < -0.4 is 4.72 Å². The minimum Gasteiger partial charge on any atom is -0.295 e. The number of aryl methyl sites for hydroxylation is 1. The van der Waals surface area contributed by atoms with Crippen molar-refractivity contribution in [2.24, 2.45) is 0 Å². The fraction of sp³-hybridized carbons (Fsp3) is 0.143. The number of aromatic nitrogens is 1. The van der Waals surface area contributed by atoms with Gasteiger partial charge < -0.3 is 0 Å². The maximum atomic E-state index is 12.2. The van der Waals surface area contributed by atoms with Crippen LogP contribution in [0.3, 0.4) is 0 Å². The van der Waals surface area contributed by atoms with E-state index < -0.39 is 10.0 Å². The van der Waals surface area contributed by atoms with Crippen molar-refractivity contribution in [3.05, 3.63) is 53.9 Å². The molecule has 0 spiro atoms. The second kappa shape index (κ2) is 5.42. The lowest BCUT2D eigenvalue weighted by molar-refractivity contribution is 0.101. The highest BCUT2D eigenvalue weighted by Gasteiger charge is 2.15. The van der Waals surface area contributed by atoms with Gasteiger partial charge in [0.15, 0.2) is 5.78 Å². The molecule has 0 radical (unpaired) electrons. The number of nitrogens with zero attached hydrogens (tertiary/aromatic N) is 1. The molecule has 0 fully saturated rings. The van der Waals surface area contributed by atoms with Crippen LogP contribution in [0, 0.1) is 6.92 Å². The molecule has 1 heterocycles. The number of benzene rings is 1. The SMILES string of the molecule is CC(=O)c1ccc(S(=O)(=O)Nc2ccncc2C)cc1. The van der Waals surface area contributed by atoms with Gasteiger partial charge in [-0.05, 0) is 37.6 Å². The molecular formula is C14H14N2O3S. The Bertz CT molecular complexity index is 737. The first-order valence-corrected chi connectivity index (χ1v) is 7.43. The first-order valence-electron chi connectivity index (χ1n) is 5.94. The molecule has 0 atom stereocenters. The number of ketones is 1. The highest BCUT2D eigenvalue weighted by atomic mass is 32.2. The first kappa shape index (κ1) is 14.2. The summed E-state index contributed by atoms with van der Waals surface area (Å²) in [6.45, 7) is 3.20. The number of pyridine rings is 1. The van der Waals surface area contributed by atoms with Crippen LogP contribution in [-0.2, 0) is 10.0 Å². The van der Waals surface area contributed by atoms with Gasteiger partial charge in [0.25, 0.3) is 10.0 Å². The van der Waals surface area contributed by atoms with Gasteiger partial charge >= 0.3 is 0 Å². The van der Waals surface area contributed by atoms with E-state index >= 15 is 0 Å². The van der Waals surface area contributed by atoms with Gasteiger partial charge in [0.1, 0.15) is 0 Å². The Morgan fingerprint density at radius 2 is 1.80 bits per heavy atom. The van der Waals surface area contributed by atoms with E-state index in [9.17, 15) is 13.2 Å². The molecule has 6 heteroatoms. The standard InChI is InChI=1S/C14H14N2O3S/c1-10-9-15-8-7-14(10)16-20(18,19)13-5-3-12(4-6-13)11(2)17/h3-9H,1-2H3,(H,15,16). The highest BCUT2D eigenvalue weighted by Crippen LogP contribution is 2.18. The zero-order valence-corrected chi connectivity index (χ0v) is 11.9. The number of nitrogens with one attached hydrogen (secondary N) is 1. The topological polar surface area (TPSA) is 76.1 Å². The molecule has 20 heavy (non-hydrogen) atoms. The molecule has 104 valence electrons. The Morgan fingerprint density at radius 1 is 1.15 bits per heavy atom. The largest absolute Gasteiger partial charge is 0.295 e. The number of sulfonamides is 1. The van der Waals surface area contributed by atoms with Gasteiger partial charge in [-0.2, -0.15) is 0 Å². The Labute approximate surface area is 117 Å². The lowest BCUT2D eigenvalue weighted by atomic mass is 10.2. The van der Waals surface area contributed by atoms with Crippen molar-refractivity contribution in [3.63, 3.8) is 0 Å². The molecular weight excluding hydrogens is 276 g/mol. The lowest BCUT2D eigenvalue weighted by Gasteiger charge is -2.10. The fourth-order valence-corrected chi connectivity index (χ4v) is 2.79. The van der Waals surface area contributed by atoms with E-state index in [1.807, 2.05) is 0 Å². The molecule has 0 unspecified atom stereocenters. The third kappa shape index (κ3) is 3.03. The van der Waals surface area contributed by atoms with E-state index in [1.165, 1.54) is 37.4 Å². The van der Waals surface area contributed by atoms with Gasteiger partial charge in [-0.3, -0.25) is 14.5 Å². The van der Waals surface area contributed by atoms with Crippen LogP contribution in [-0.4, -0.2) is 19.2 Å². The number of Topliss-reactive ketones (excluding diaryl/α,β-unsaturated/α-hetero) is 1. The van der Waals surface area contributed by atoms with Crippen molar-refractivity contribution in [1.82, 2.24) is 4.98 Å². The second-order valence-electron chi connectivity index (χ2n) is 4.38. The molecule has 0 amide bonds. The summed E-state index contributed by atoms with van der Waals surface area (Å²) in [5.74, 6) is -0.105. The summed E-state index contributed by atoms with van der Waals surface area (Å²) in [5, 5.41) is 0. The van der Waals surface area contributed by atoms with Gasteiger partial charge in [-0.1, -0.05) is 12.1 Å². The van der Waals surface area contributed by atoms with E-state index in [4.69, 9.17) is 0 Å². The molecule has 0 aliphatic rings. The van der Waals surface area contributed by atoms with Crippen molar-refractivity contribution in [3.8, 4) is 0 Å². The van der Waals surface area contributed by atoms with Gasteiger partial charge in [0.05, 0.1) is 10.6 Å². The monoisotopic (exact) mass is 290 g/mol. The minimum atomic E-state index is -3.67. The molecule has 2 aromatic rings. The van der Waals surface area contributed by atoms with Crippen LogP contribution in [0.4, 0.5) is 5.69 Å². The first-order chi connectivity index (χ1) is 9.40. The van der Waals surface area contributed by atoms with E-state index in [0.717, 1.165) is 5.56 Å². The quantitative estimate of drug-likeness (QED) is 0.877. The van der Waals surface area contributed by atoms with Crippen LogP contribution in [0.1, 0.15) is 22.8 Å². The Balaban J connectivity index is 2.31. The summed E-state index contributed by atoms with van der Waals surface area (Å²) in [6.07, 6.45) is 3.10. The van der Waals surface area contributed by atoms with E-state index in [2.05, 4.69) is 9.71 Å². The molecule has 1 aromatic heterocycles. The molecule has 0 aliphatic heterocycles. The van der Waals surface area contributed by atoms with Gasteiger partial charge in [-0.15, -0.1) is 0 Å². The van der Waals surface area contributed by atoms with Crippen LogP contribution in [0.5, 0.6) is 0 Å². The van der Waals surface area contributed by atoms with E-state index in [0.29, 0.717) is 11.3 Å². The Morgan fingerprint density at radius 3 is 2.35 bits per heavy atom. The zero-order valence-electron chi connectivity index (χ0n) is 11.1. The molecule has 1 N–H and O–H groups in total. The zero-order chi connectivity index (χ0) is 14.8. The predicted molar refractivity (Wildman–Crippen MR) is 76.2 cm³/mol. The average molecular weight is 290 g/mol. The Hall–Kier alpha value is -2.21. The maximum Gasteiger partial charge on any atom is 0.261 e. The summed E-state index contributed by atoms with van der Waals surface area (Å²) in [4.78, 5) is 15.2. The maximum absolute atomic E-state index is 12.2. The van der Waals surface area contributed by atoms with Gasteiger partial charge in [0.2, 0.25) is 0 Å². The molecule has 2 rings (SSSR count). The molecule has 0 saturated carbocycles. The number of rotatable bonds is 4. The van der Waals surface area contributed by atoms with Crippen molar-refractivity contribution in [2.45, 2.75) is 18.7 Å². The van der Waals surface area contributed by atoms with E-state index in [-0.39, 0.29) is 10.7 Å². The van der Waals surface area contributed by atoms with Crippen LogP contribution in [0.15, 0.2) is 47.6 Å². The van der Waals surface area contributed by atoms with Gasteiger partial charge in [0, 0.05) is 18.0 Å². The highest BCUT2D eigenvalue weighted by molar-refractivity contribution is 7.92. The average Bonchev–Trinajstić information content (AvgIpc) is 2.41. The van der Waals surface area contributed by atoms with Crippen LogP contribution >= 0.6 is 0 Å². The van der Waals surface area contributed by atoms with Crippen LogP contribution in [0.25, 0.3) is 0 Å². The summed E-state index contributed by atoms with van der Waals surface area (Å²) in [5.41, 5.74) is 1.69. The van der Waals surface area contributed by atoms with E-state index in [1.54, 1.807) is 19.2 Å². The molecule has 0 saturated heterocycles. The number of carbonyl (C=O) groups is 1. The van der Waals surface area contributed by atoms with Crippen LogP contribution in [0.2, 0.25) is 0 Å². The third-order valence-corrected chi connectivity index (χ3v) is 4.22.